The van der Waals surface area contributed by atoms with Gasteiger partial charge in [-0.05, 0) is 68.2 Å². The molecule has 0 aliphatic heterocycles. The van der Waals surface area contributed by atoms with E-state index < -0.39 is 0 Å². The summed E-state index contributed by atoms with van der Waals surface area (Å²) in [4.78, 5) is 13.9. The van der Waals surface area contributed by atoms with Crippen LogP contribution in [0.4, 0.5) is 0 Å². The number of amides is 1. The molecule has 0 aliphatic rings. The molecule has 1 rings (SSSR count). The lowest BCUT2D eigenvalue weighted by Gasteiger charge is -2.08. The van der Waals surface area contributed by atoms with E-state index in [0.29, 0.717) is 12.2 Å². The molecule has 0 unspecified atom stereocenters. The Hall–Kier alpha value is -0.760. The normalized spacial score (nSPS) is 10.7. The monoisotopic (exact) mass is 373 g/mol. The second-order valence-electron chi connectivity index (χ2n) is 4.71. The summed E-state index contributed by atoms with van der Waals surface area (Å²) in [5.74, 6) is -0.141. The van der Waals surface area contributed by atoms with Crippen molar-refractivity contribution in [2.75, 3.05) is 27.2 Å². The summed E-state index contributed by atoms with van der Waals surface area (Å²) in [6, 6.07) is 3.48. The molecule has 0 bridgehead atoms. The van der Waals surface area contributed by atoms with Gasteiger partial charge in [-0.1, -0.05) is 12.8 Å². The third kappa shape index (κ3) is 7.41. The Morgan fingerprint density at radius 1 is 1.21 bits per heavy atom. The van der Waals surface area contributed by atoms with Gasteiger partial charge in [0.1, 0.15) is 3.70 Å². The van der Waals surface area contributed by atoms with Gasteiger partial charge in [-0.25, -0.2) is 0 Å². The van der Waals surface area contributed by atoms with E-state index in [0.717, 1.165) is 23.1 Å². The first kappa shape index (κ1) is 16.3. The van der Waals surface area contributed by atoms with Crippen molar-refractivity contribution in [3.8, 4) is 0 Å². The zero-order chi connectivity index (χ0) is 14.1. The lowest BCUT2D eigenvalue weighted by atomic mass is 10.2. The Bertz CT molecular complexity index is 381. The molecule has 0 radical (unpaired) electrons. The van der Waals surface area contributed by atoms with Crippen LogP contribution in [0.5, 0.6) is 0 Å². The molecule has 0 saturated carbocycles. The average molecular weight is 373 g/mol. The van der Waals surface area contributed by atoms with Gasteiger partial charge in [0.25, 0.3) is 5.91 Å². The SMILES string of the molecule is CN(C)CCCCCCNC(=O)c1ccc([124I])nn1. The second kappa shape index (κ2) is 9.19. The maximum atomic E-state index is 11.7. The first-order valence-corrected chi connectivity index (χ1v) is 7.59. The zero-order valence-corrected chi connectivity index (χ0v) is 13.7. The Balaban J connectivity index is 2.09. The van der Waals surface area contributed by atoms with Crippen molar-refractivity contribution in [2.45, 2.75) is 25.7 Å². The fourth-order valence-corrected chi connectivity index (χ4v) is 1.92. The largest absolute Gasteiger partial charge is 0.351 e. The molecular weight excluding hydrogens is 352 g/mol. The lowest BCUT2D eigenvalue weighted by Crippen LogP contribution is -2.25. The molecular formula is C13H21IN4O. The van der Waals surface area contributed by atoms with Gasteiger partial charge in [-0.3, -0.25) is 4.79 Å². The summed E-state index contributed by atoms with van der Waals surface area (Å²) in [5, 5.41) is 10.6. The van der Waals surface area contributed by atoms with Crippen LogP contribution < -0.4 is 5.32 Å². The molecule has 0 atom stereocenters. The molecule has 1 amide bonds. The molecule has 0 aromatic carbocycles. The van der Waals surface area contributed by atoms with Crippen molar-refractivity contribution < 1.29 is 4.79 Å². The van der Waals surface area contributed by atoms with Gasteiger partial charge >= 0.3 is 0 Å². The minimum atomic E-state index is -0.141. The summed E-state index contributed by atoms with van der Waals surface area (Å²) in [6.45, 7) is 1.83. The first-order valence-electron chi connectivity index (χ1n) is 6.52. The molecule has 6 heteroatoms. The fourth-order valence-electron chi connectivity index (χ4n) is 1.64. The van der Waals surface area contributed by atoms with Crippen molar-refractivity contribution in [1.29, 1.82) is 0 Å². The van der Waals surface area contributed by atoms with Crippen LogP contribution in [-0.2, 0) is 0 Å². The van der Waals surface area contributed by atoms with Crippen molar-refractivity contribution in [3.63, 3.8) is 0 Å². The van der Waals surface area contributed by atoms with Crippen LogP contribution in [0.25, 0.3) is 0 Å². The Morgan fingerprint density at radius 3 is 2.58 bits per heavy atom. The van der Waals surface area contributed by atoms with E-state index in [4.69, 9.17) is 0 Å². The smallest absolute Gasteiger partial charge is 0.271 e. The van der Waals surface area contributed by atoms with Crippen LogP contribution in [0.1, 0.15) is 36.2 Å². The molecule has 1 heterocycles. The lowest BCUT2D eigenvalue weighted by molar-refractivity contribution is 0.0947. The highest BCUT2D eigenvalue weighted by Crippen LogP contribution is 2.01. The third-order valence-corrected chi connectivity index (χ3v) is 3.26. The average Bonchev–Trinajstić information content (AvgIpc) is 2.38. The molecule has 19 heavy (non-hydrogen) atoms. The second-order valence-corrected chi connectivity index (χ2v) is 5.82. The van der Waals surface area contributed by atoms with E-state index in [-0.39, 0.29) is 5.91 Å². The van der Waals surface area contributed by atoms with Crippen LogP contribution in [0.3, 0.4) is 0 Å². The van der Waals surface area contributed by atoms with Gasteiger partial charge in [0, 0.05) is 6.54 Å². The van der Waals surface area contributed by atoms with Gasteiger partial charge in [-0.15, -0.1) is 10.2 Å². The number of hydrogen-bond donors (Lipinski definition) is 1. The maximum absolute atomic E-state index is 11.7. The minimum absolute atomic E-state index is 0.141. The third-order valence-electron chi connectivity index (χ3n) is 2.68. The first-order chi connectivity index (χ1) is 9.09. The van der Waals surface area contributed by atoms with Crippen molar-refractivity contribution >= 4 is 28.5 Å². The van der Waals surface area contributed by atoms with Crippen molar-refractivity contribution in [3.05, 3.63) is 21.5 Å². The number of unbranched alkanes of at least 4 members (excludes halogenated alkanes) is 3. The number of halogens is 1. The minimum Gasteiger partial charge on any atom is -0.351 e. The Labute approximate surface area is 128 Å². The van der Waals surface area contributed by atoms with Crippen LogP contribution in [0.15, 0.2) is 12.1 Å². The molecule has 0 saturated heterocycles. The number of nitrogens with zero attached hydrogens (tertiary/aromatic N) is 3. The molecule has 0 aliphatic carbocycles. The van der Waals surface area contributed by atoms with Crippen LogP contribution in [0.2, 0.25) is 0 Å². The molecule has 0 fully saturated rings. The fraction of sp³-hybridized carbons (Fsp3) is 0.615. The standard InChI is InChI=1S/C13H21IN4O/c1-18(2)10-6-4-3-5-9-15-13(19)11-7-8-12(14)17-16-11/h7-8H,3-6,9-10H2,1-2H3,(H,15,19)/i14-3. The summed E-state index contributed by atoms with van der Waals surface area (Å²) < 4.78 is 0.787. The van der Waals surface area contributed by atoms with E-state index >= 15 is 0 Å². The quantitative estimate of drug-likeness (QED) is 0.559. The number of rotatable bonds is 8. The number of carbonyl (C=O) groups excluding carboxylic acids is 1. The molecule has 0 spiro atoms. The molecule has 106 valence electrons. The van der Waals surface area contributed by atoms with Crippen LogP contribution in [0, 0.1) is 3.70 Å². The van der Waals surface area contributed by atoms with Crippen molar-refractivity contribution in [1.82, 2.24) is 20.4 Å². The van der Waals surface area contributed by atoms with Gasteiger partial charge < -0.3 is 10.2 Å². The summed E-state index contributed by atoms with van der Waals surface area (Å²) in [5.41, 5.74) is 0.382. The summed E-state index contributed by atoms with van der Waals surface area (Å²) >= 11 is 2.06. The van der Waals surface area contributed by atoms with Crippen LogP contribution >= 0.6 is 22.6 Å². The predicted molar refractivity (Wildman–Crippen MR) is 84.1 cm³/mol. The highest BCUT2D eigenvalue weighted by Gasteiger charge is 2.06. The molecule has 5 nitrogen and oxygen atoms in total. The van der Waals surface area contributed by atoms with Gasteiger partial charge in [-0.2, -0.15) is 0 Å². The molecule has 1 aromatic heterocycles. The van der Waals surface area contributed by atoms with Crippen molar-refractivity contribution in [2.24, 2.45) is 0 Å². The topological polar surface area (TPSA) is 58.1 Å². The number of carbonyl (C=O) groups is 1. The van der Waals surface area contributed by atoms with Gasteiger partial charge in [0.15, 0.2) is 5.69 Å². The van der Waals surface area contributed by atoms with Crippen LogP contribution in [-0.4, -0.2) is 48.2 Å². The number of nitrogens with one attached hydrogen (secondary N) is 1. The van der Waals surface area contributed by atoms with E-state index in [9.17, 15) is 4.79 Å². The highest BCUT2D eigenvalue weighted by molar-refractivity contribution is 14.1. The predicted octanol–water partition coefficient (Wildman–Crippen LogP) is 1.93. The maximum Gasteiger partial charge on any atom is 0.271 e. The Kier molecular flexibility index (Phi) is 7.88. The number of aromatic nitrogens is 2. The number of hydrogen-bond acceptors (Lipinski definition) is 4. The van der Waals surface area contributed by atoms with Gasteiger partial charge in [0.05, 0.1) is 0 Å². The zero-order valence-electron chi connectivity index (χ0n) is 11.5. The molecule has 1 aromatic rings. The summed E-state index contributed by atoms with van der Waals surface area (Å²) in [7, 11) is 4.17. The summed E-state index contributed by atoms with van der Waals surface area (Å²) in [6.07, 6.45) is 4.57. The Morgan fingerprint density at radius 2 is 1.95 bits per heavy atom. The van der Waals surface area contributed by atoms with E-state index in [1.165, 1.54) is 12.8 Å². The van der Waals surface area contributed by atoms with E-state index in [2.05, 4.69) is 57.1 Å². The molecule has 1 N–H and O–H groups in total. The highest BCUT2D eigenvalue weighted by atomic mass is 124. The van der Waals surface area contributed by atoms with Gasteiger partial charge in [0.2, 0.25) is 0 Å². The van der Waals surface area contributed by atoms with E-state index in [1.54, 1.807) is 12.1 Å². The van der Waals surface area contributed by atoms with E-state index in [1.807, 2.05) is 0 Å².